The zero-order chi connectivity index (χ0) is 12.3. The second kappa shape index (κ2) is 4.30. The zero-order valence-electron chi connectivity index (χ0n) is 9.23. The Hall–Kier alpha value is -1.91. The van der Waals surface area contributed by atoms with Crippen LogP contribution >= 0.6 is 0 Å². The molecule has 1 amide bonds. The van der Waals surface area contributed by atoms with Crippen molar-refractivity contribution < 1.29 is 14.7 Å². The third kappa shape index (κ3) is 2.18. The van der Waals surface area contributed by atoms with Gasteiger partial charge in [-0.2, -0.15) is 0 Å². The Morgan fingerprint density at radius 1 is 1.56 bits per heavy atom. The van der Waals surface area contributed by atoms with Crippen molar-refractivity contribution in [2.45, 2.75) is 20.3 Å². The van der Waals surface area contributed by atoms with Crippen LogP contribution in [0.5, 0.6) is 0 Å². The molecule has 0 aromatic carbocycles. The lowest BCUT2D eigenvalue weighted by Crippen LogP contribution is -2.43. The van der Waals surface area contributed by atoms with Gasteiger partial charge in [0.2, 0.25) is 5.91 Å². The molecule has 0 aliphatic carbocycles. The fraction of sp³-hybridized carbons (Fsp3) is 0.364. The quantitative estimate of drug-likeness (QED) is 0.726. The van der Waals surface area contributed by atoms with Gasteiger partial charge in [0.1, 0.15) is 5.41 Å². The summed E-state index contributed by atoms with van der Waals surface area (Å²) in [5.41, 5.74) is 4.93. The number of amides is 1. The van der Waals surface area contributed by atoms with E-state index in [1.165, 1.54) is 6.92 Å². The van der Waals surface area contributed by atoms with Crippen LogP contribution in [0.15, 0.2) is 18.3 Å². The van der Waals surface area contributed by atoms with Crippen molar-refractivity contribution in [3.8, 4) is 0 Å². The highest BCUT2D eigenvalue weighted by Gasteiger charge is 2.40. The van der Waals surface area contributed by atoms with Crippen molar-refractivity contribution in [3.63, 3.8) is 0 Å². The first-order valence-corrected chi connectivity index (χ1v) is 4.81. The van der Waals surface area contributed by atoms with Crippen LogP contribution in [0.25, 0.3) is 0 Å². The number of pyridine rings is 1. The molecule has 0 radical (unpaired) electrons. The summed E-state index contributed by atoms with van der Waals surface area (Å²) in [5.74, 6) is -2.09. The van der Waals surface area contributed by atoms with Crippen molar-refractivity contribution in [2.75, 3.05) is 0 Å². The molecule has 1 heterocycles. The normalized spacial score (nSPS) is 14.1. The first kappa shape index (κ1) is 12.2. The number of carboxylic acid groups (broad SMARTS) is 1. The van der Waals surface area contributed by atoms with Gasteiger partial charge in [-0.1, -0.05) is 6.07 Å². The molecular weight excluding hydrogens is 208 g/mol. The number of nitrogens with zero attached hydrogens (tertiary/aromatic N) is 1. The van der Waals surface area contributed by atoms with E-state index < -0.39 is 17.3 Å². The molecule has 0 aliphatic heterocycles. The van der Waals surface area contributed by atoms with Gasteiger partial charge in [-0.3, -0.25) is 14.6 Å². The molecule has 86 valence electrons. The fourth-order valence-corrected chi connectivity index (χ4v) is 1.31. The lowest BCUT2D eigenvalue weighted by molar-refractivity contribution is -0.153. The second-order valence-electron chi connectivity index (χ2n) is 3.95. The summed E-state index contributed by atoms with van der Waals surface area (Å²) in [7, 11) is 0. The molecule has 0 aliphatic rings. The number of aromatic nitrogens is 1. The molecule has 0 fully saturated rings. The summed E-state index contributed by atoms with van der Waals surface area (Å²) in [6, 6.07) is 3.56. The lowest BCUT2D eigenvalue weighted by Gasteiger charge is -2.20. The summed E-state index contributed by atoms with van der Waals surface area (Å²) in [4.78, 5) is 26.3. The average molecular weight is 222 g/mol. The van der Waals surface area contributed by atoms with Crippen LogP contribution < -0.4 is 5.73 Å². The first-order chi connectivity index (χ1) is 7.38. The van der Waals surface area contributed by atoms with Crippen LogP contribution in [0.2, 0.25) is 0 Å². The molecular formula is C11H14N2O3. The number of nitrogens with two attached hydrogens (primary N) is 1. The van der Waals surface area contributed by atoms with E-state index in [0.29, 0.717) is 5.69 Å². The summed E-state index contributed by atoms with van der Waals surface area (Å²) in [6.07, 6.45) is 1.57. The molecule has 16 heavy (non-hydrogen) atoms. The lowest BCUT2D eigenvalue weighted by atomic mass is 9.83. The molecule has 3 N–H and O–H groups in total. The predicted octanol–water partition coefficient (Wildman–Crippen LogP) is 0.509. The highest BCUT2D eigenvalue weighted by atomic mass is 16.4. The number of primary amides is 1. The van der Waals surface area contributed by atoms with E-state index in [0.717, 1.165) is 5.56 Å². The summed E-state index contributed by atoms with van der Waals surface area (Å²) in [6.45, 7) is 3.12. The second-order valence-corrected chi connectivity index (χ2v) is 3.95. The van der Waals surface area contributed by atoms with Crippen LogP contribution in [0.3, 0.4) is 0 Å². The van der Waals surface area contributed by atoms with Gasteiger partial charge in [-0.15, -0.1) is 0 Å². The molecule has 1 aromatic rings. The van der Waals surface area contributed by atoms with Gasteiger partial charge in [0.25, 0.3) is 0 Å². The third-order valence-corrected chi connectivity index (χ3v) is 2.65. The first-order valence-electron chi connectivity index (χ1n) is 4.81. The maximum Gasteiger partial charge on any atom is 0.319 e. The molecule has 1 rings (SSSR count). The number of aliphatic carboxylic acids is 1. The number of carbonyl (C=O) groups is 2. The molecule has 5 heteroatoms. The maximum atomic E-state index is 11.2. The largest absolute Gasteiger partial charge is 0.480 e. The van der Waals surface area contributed by atoms with Gasteiger partial charge < -0.3 is 10.8 Å². The molecule has 1 atom stereocenters. The topological polar surface area (TPSA) is 93.3 Å². The number of carbonyl (C=O) groups excluding carboxylic acids is 1. The number of aryl methyl sites for hydroxylation is 1. The minimum Gasteiger partial charge on any atom is -0.480 e. The van der Waals surface area contributed by atoms with Gasteiger partial charge in [0.05, 0.1) is 0 Å². The van der Waals surface area contributed by atoms with Gasteiger partial charge in [0.15, 0.2) is 0 Å². The highest BCUT2D eigenvalue weighted by Crippen LogP contribution is 2.23. The van der Waals surface area contributed by atoms with Crippen LogP contribution in [0.1, 0.15) is 18.2 Å². The zero-order valence-corrected chi connectivity index (χ0v) is 9.23. The van der Waals surface area contributed by atoms with E-state index in [1.54, 1.807) is 12.3 Å². The van der Waals surface area contributed by atoms with E-state index in [2.05, 4.69) is 4.98 Å². The van der Waals surface area contributed by atoms with E-state index in [-0.39, 0.29) is 6.42 Å². The van der Waals surface area contributed by atoms with Gasteiger partial charge in [-0.25, -0.2) is 0 Å². The fourth-order valence-electron chi connectivity index (χ4n) is 1.31. The molecule has 1 aromatic heterocycles. The molecule has 0 saturated carbocycles. The SMILES string of the molecule is Cc1cccnc1CC(C)(C(N)=O)C(=O)O. The van der Waals surface area contributed by atoms with Gasteiger partial charge >= 0.3 is 5.97 Å². The third-order valence-electron chi connectivity index (χ3n) is 2.65. The Balaban J connectivity index is 3.07. The Labute approximate surface area is 93.3 Å². The Kier molecular flexibility index (Phi) is 3.27. The van der Waals surface area contributed by atoms with Crippen molar-refractivity contribution in [1.82, 2.24) is 4.98 Å². The van der Waals surface area contributed by atoms with Crippen molar-refractivity contribution in [2.24, 2.45) is 11.1 Å². The molecule has 5 nitrogen and oxygen atoms in total. The summed E-state index contributed by atoms with van der Waals surface area (Å²) >= 11 is 0. The molecule has 0 bridgehead atoms. The van der Waals surface area contributed by atoms with Crippen molar-refractivity contribution >= 4 is 11.9 Å². The van der Waals surface area contributed by atoms with E-state index >= 15 is 0 Å². The number of hydrogen-bond donors (Lipinski definition) is 2. The standard InChI is InChI=1S/C11H14N2O3/c1-7-4-3-5-13-8(7)6-11(2,9(12)14)10(15)16/h3-5H,6H2,1-2H3,(H2,12,14)(H,15,16). The molecule has 0 spiro atoms. The van der Waals surface area contributed by atoms with Crippen LogP contribution in [0, 0.1) is 12.3 Å². The highest BCUT2D eigenvalue weighted by molar-refractivity contribution is 6.00. The predicted molar refractivity (Wildman–Crippen MR) is 57.6 cm³/mol. The smallest absolute Gasteiger partial charge is 0.319 e. The summed E-state index contributed by atoms with van der Waals surface area (Å²) in [5, 5.41) is 9.03. The monoisotopic (exact) mass is 222 g/mol. The van der Waals surface area contributed by atoms with Crippen molar-refractivity contribution in [3.05, 3.63) is 29.6 Å². The van der Waals surface area contributed by atoms with Crippen LogP contribution in [-0.2, 0) is 16.0 Å². The van der Waals surface area contributed by atoms with Gasteiger partial charge in [-0.05, 0) is 25.5 Å². The average Bonchev–Trinajstić information content (AvgIpc) is 2.20. The molecule has 1 unspecified atom stereocenters. The van der Waals surface area contributed by atoms with Crippen LogP contribution in [0.4, 0.5) is 0 Å². The Bertz CT molecular complexity index is 415. The number of carboxylic acids is 1. The van der Waals surface area contributed by atoms with E-state index in [1.807, 2.05) is 13.0 Å². The van der Waals surface area contributed by atoms with Crippen LogP contribution in [-0.4, -0.2) is 22.0 Å². The Morgan fingerprint density at radius 2 is 2.19 bits per heavy atom. The van der Waals surface area contributed by atoms with E-state index in [4.69, 9.17) is 10.8 Å². The molecule has 0 saturated heterocycles. The summed E-state index contributed by atoms with van der Waals surface area (Å²) < 4.78 is 0. The van der Waals surface area contributed by atoms with E-state index in [9.17, 15) is 9.59 Å². The minimum atomic E-state index is -1.61. The van der Waals surface area contributed by atoms with Crippen molar-refractivity contribution in [1.29, 1.82) is 0 Å². The maximum absolute atomic E-state index is 11.2. The Morgan fingerprint density at radius 3 is 2.62 bits per heavy atom. The van der Waals surface area contributed by atoms with Gasteiger partial charge in [0, 0.05) is 18.3 Å². The number of rotatable bonds is 4. The minimum absolute atomic E-state index is 0.00431. The number of hydrogen-bond acceptors (Lipinski definition) is 3.